The largest absolute Gasteiger partial charge is 0.481 e. The molecule has 0 spiro atoms. The van der Waals surface area contributed by atoms with Gasteiger partial charge < -0.3 is 5.11 Å². The fourth-order valence-corrected chi connectivity index (χ4v) is 4.11. The third-order valence-corrected chi connectivity index (χ3v) is 5.82. The second kappa shape index (κ2) is 13.7. The van der Waals surface area contributed by atoms with Crippen molar-refractivity contribution in [2.24, 2.45) is 0 Å². The summed E-state index contributed by atoms with van der Waals surface area (Å²) in [6, 6.07) is 31.7. The van der Waals surface area contributed by atoms with Gasteiger partial charge in [-0.05, 0) is 49.1 Å². The van der Waals surface area contributed by atoms with Crippen molar-refractivity contribution in [1.29, 1.82) is 0 Å². The zero-order valence-electron chi connectivity index (χ0n) is 16.3. The van der Waals surface area contributed by atoms with Crippen LogP contribution in [-0.4, -0.2) is 11.1 Å². The number of unbranched alkanes of at least 4 members (excludes halogenated alkanes) is 3. The van der Waals surface area contributed by atoms with Gasteiger partial charge in [-0.25, -0.2) is 0 Å². The first-order valence-electron chi connectivity index (χ1n) is 9.94. The van der Waals surface area contributed by atoms with Crippen molar-refractivity contribution < 1.29 is 9.90 Å². The van der Waals surface area contributed by atoms with Gasteiger partial charge in [-0.15, -0.1) is 0 Å². The summed E-state index contributed by atoms with van der Waals surface area (Å²) >= 11 is 0. The quantitative estimate of drug-likeness (QED) is 0.395. The number of benzene rings is 3. The van der Waals surface area contributed by atoms with Gasteiger partial charge in [-0.2, -0.15) is 0 Å². The summed E-state index contributed by atoms with van der Waals surface area (Å²) in [6.45, 7) is 0. The zero-order valence-corrected chi connectivity index (χ0v) is 17.5. The standard InChI is InChI=1S/C13H18O2.C12H11P/c14-13(15)11-7-2-1-4-8-12-9-5-3-6-10-12;1-3-7-11(8-4-1)13-12-9-5-2-6-10-12/h3,5-6,9-10H,1-2,4,7-8,11H2,(H,14,15);1-10,13H/p+1. The van der Waals surface area contributed by atoms with E-state index in [9.17, 15) is 4.79 Å². The molecule has 0 aromatic heterocycles. The molecule has 146 valence electrons. The van der Waals surface area contributed by atoms with Crippen LogP contribution < -0.4 is 10.6 Å². The highest BCUT2D eigenvalue weighted by Crippen LogP contribution is 2.09. The molecule has 0 unspecified atom stereocenters. The van der Waals surface area contributed by atoms with Crippen LogP contribution in [0.2, 0.25) is 0 Å². The first kappa shape index (κ1) is 21.9. The van der Waals surface area contributed by atoms with Crippen LogP contribution in [0, 0.1) is 0 Å². The minimum Gasteiger partial charge on any atom is -0.481 e. The molecular weight excluding hydrogens is 363 g/mol. The Morgan fingerprint density at radius 3 is 1.61 bits per heavy atom. The monoisotopic (exact) mass is 393 g/mol. The maximum absolute atomic E-state index is 10.3. The van der Waals surface area contributed by atoms with Crippen LogP contribution in [0.4, 0.5) is 0 Å². The Balaban J connectivity index is 0.000000202. The van der Waals surface area contributed by atoms with E-state index in [1.807, 2.05) is 6.07 Å². The summed E-state index contributed by atoms with van der Waals surface area (Å²) < 4.78 is 0. The molecule has 0 atom stereocenters. The summed E-state index contributed by atoms with van der Waals surface area (Å²) in [4.78, 5) is 10.3. The highest BCUT2D eigenvalue weighted by Gasteiger charge is 2.00. The van der Waals surface area contributed by atoms with Crippen molar-refractivity contribution in [3.8, 4) is 0 Å². The van der Waals surface area contributed by atoms with E-state index in [1.54, 1.807) is 0 Å². The van der Waals surface area contributed by atoms with Crippen LogP contribution >= 0.6 is 8.58 Å². The Labute approximate surface area is 170 Å². The molecule has 0 aliphatic carbocycles. The summed E-state index contributed by atoms with van der Waals surface area (Å²) in [5.74, 6) is -0.682. The highest BCUT2D eigenvalue weighted by molar-refractivity contribution is 7.55. The molecule has 0 amide bonds. The van der Waals surface area contributed by atoms with E-state index >= 15 is 0 Å². The van der Waals surface area contributed by atoms with Crippen molar-refractivity contribution in [1.82, 2.24) is 0 Å². The molecule has 0 fully saturated rings. The zero-order chi connectivity index (χ0) is 19.9. The predicted molar refractivity (Wildman–Crippen MR) is 123 cm³/mol. The van der Waals surface area contributed by atoms with E-state index in [4.69, 9.17) is 5.11 Å². The molecule has 3 rings (SSSR count). The number of rotatable bonds is 9. The summed E-state index contributed by atoms with van der Waals surface area (Å²) in [7, 11) is 0.271. The molecule has 28 heavy (non-hydrogen) atoms. The fourth-order valence-electron chi connectivity index (χ4n) is 2.89. The molecule has 0 saturated carbocycles. The minimum absolute atomic E-state index is 0.271. The van der Waals surface area contributed by atoms with Gasteiger partial charge in [0.2, 0.25) is 0 Å². The van der Waals surface area contributed by atoms with Gasteiger partial charge in [0.05, 0.1) is 19.2 Å². The number of carboxylic acid groups (broad SMARTS) is 1. The van der Waals surface area contributed by atoms with E-state index < -0.39 is 5.97 Å². The SMILES string of the molecule is O=C(O)CCCCCCc1ccccc1.c1ccc([PH2+]c2ccccc2)cc1. The third-order valence-electron chi connectivity index (χ3n) is 4.38. The molecule has 0 bridgehead atoms. The van der Waals surface area contributed by atoms with E-state index in [-0.39, 0.29) is 8.58 Å². The van der Waals surface area contributed by atoms with E-state index in [0.29, 0.717) is 6.42 Å². The molecule has 3 heteroatoms. The van der Waals surface area contributed by atoms with Gasteiger partial charge in [0, 0.05) is 6.42 Å². The smallest absolute Gasteiger partial charge is 0.303 e. The lowest BCUT2D eigenvalue weighted by atomic mass is 10.1. The first-order valence-corrected chi connectivity index (χ1v) is 11.1. The number of aryl methyl sites for hydroxylation is 1. The van der Waals surface area contributed by atoms with E-state index in [2.05, 4.69) is 84.9 Å². The lowest BCUT2D eigenvalue weighted by Gasteiger charge is -2.00. The predicted octanol–water partition coefficient (Wildman–Crippen LogP) is 5.31. The second-order valence-electron chi connectivity index (χ2n) is 6.76. The van der Waals surface area contributed by atoms with Gasteiger partial charge >= 0.3 is 5.97 Å². The average Bonchev–Trinajstić information content (AvgIpc) is 2.73. The van der Waals surface area contributed by atoms with E-state index in [0.717, 1.165) is 32.1 Å². The average molecular weight is 393 g/mol. The van der Waals surface area contributed by atoms with E-state index in [1.165, 1.54) is 16.2 Å². The Kier molecular flexibility index (Phi) is 10.7. The Hall–Kier alpha value is -2.44. The van der Waals surface area contributed by atoms with Gasteiger partial charge in [0.1, 0.15) is 0 Å². The van der Waals surface area contributed by atoms with Crippen molar-refractivity contribution >= 4 is 25.2 Å². The fraction of sp³-hybridized carbons (Fsp3) is 0.240. The molecule has 1 N–H and O–H groups in total. The van der Waals surface area contributed by atoms with Gasteiger partial charge in [-0.1, -0.05) is 79.6 Å². The normalized spacial score (nSPS) is 10.0. The van der Waals surface area contributed by atoms with Gasteiger partial charge in [0.15, 0.2) is 0 Å². The van der Waals surface area contributed by atoms with Crippen molar-refractivity contribution in [2.75, 3.05) is 0 Å². The molecule has 3 aromatic rings. The Morgan fingerprint density at radius 2 is 1.11 bits per heavy atom. The van der Waals surface area contributed by atoms with Gasteiger partial charge in [0.25, 0.3) is 0 Å². The van der Waals surface area contributed by atoms with Crippen LogP contribution in [-0.2, 0) is 11.2 Å². The molecule has 0 radical (unpaired) electrons. The number of carbonyl (C=O) groups is 1. The summed E-state index contributed by atoms with van der Waals surface area (Å²) in [5.41, 5.74) is 1.37. The lowest BCUT2D eigenvalue weighted by Crippen LogP contribution is -2.01. The van der Waals surface area contributed by atoms with Crippen LogP contribution in [0.15, 0.2) is 91.0 Å². The van der Waals surface area contributed by atoms with Crippen LogP contribution in [0.1, 0.15) is 37.7 Å². The number of carboxylic acids is 1. The molecule has 0 aliphatic rings. The van der Waals surface area contributed by atoms with Gasteiger partial charge in [-0.3, -0.25) is 4.79 Å². The maximum Gasteiger partial charge on any atom is 0.303 e. The number of aliphatic carboxylic acids is 1. The van der Waals surface area contributed by atoms with Crippen molar-refractivity contribution in [2.45, 2.75) is 38.5 Å². The Bertz CT molecular complexity index is 736. The molecular formula is C25H30O2P+. The van der Waals surface area contributed by atoms with Crippen LogP contribution in [0.3, 0.4) is 0 Å². The molecule has 3 aromatic carbocycles. The summed E-state index contributed by atoms with van der Waals surface area (Å²) in [6.07, 6.45) is 5.54. The van der Waals surface area contributed by atoms with Crippen molar-refractivity contribution in [3.63, 3.8) is 0 Å². The summed E-state index contributed by atoms with van der Waals surface area (Å²) in [5, 5.41) is 11.4. The van der Waals surface area contributed by atoms with Crippen LogP contribution in [0.5, 0.6) is 0 Å². The van der Waals surface area contributed by atoms with Crippen LogP contribution in [0.25, 0.3) is 0 Å². The molecule has 2 nitrogen and oxygen atoms in total. The maximum atomic E-state index is 10.3. The number of hydrogen-bond acceptors (Lipinski definition) is 1. The third kappa shape index (κ3) is 10.0. The molecule has 0 aliphatic heterocycles. The molecule has 0 saturated heterocycles. The minimum atomic E-state index is -0.682. The lowest BCUT2D eigenvalue weighted by molar-refractivity contribution is -0.137. The second-order valence-corrected chi connectivity index (χ2v) is 8.38. The van der Waals surface area contributed by atoms with Crippen molar-refractivity contribution in [3.05, 3.63) is 96.6 Å². The molecule has 0 heterocycles. The Morgan fingerprint density at radius 1 is 0.643 bits per heavy atom. The number of hydrogen-bond donors (Lipinski definition) is 1. The first-order chi connectivity index (χ1) is 13.7. The highest BCUT2D eigenvalue weighted by atomic mass is 31.1. The topological polar surface area (TPSA) is 37.3 Å².